The fourth-order valence-electron chi connectivity index (χ4n) is 2.29. The summed E-state index contributed by atoms with van der Waals surface area (Å²) in [6, 6.07) is 13.3. The number of aryl methyl sites for hydroxylation is 1. The molecule has 0 saturated carbocycles. The van der Waals surface area contributed by atoms with E-state index in [1.165, 1.54) is 5.56 Å². The summed E-state index contributed by atoms with van der Waals surface area (Å²) in [7, 11) is 0. The molecule has 1 heterocycles. The van der Waals surface area contributed by atoms with Crippen molar-refractivity contribution in [2.45, 2.75) is 13.3 Å². The molecule has 3 nitrogen and oxygen atoms in total. The molecule has 20 heavy (non-hydrogen) atoms. The van der Waals surface area contributed by atoms with E-state index in [0.717, 1.165) is 23.1 Å². The number of H-pyrrole nitrogens is 1. The van der Waals surface area contributed by atoms with Crippen molar-refractivity contribution < 1.29 is 0 Å². The predicted molar refractivity (Wildman–Crippen MR) is 82.2 cm³/mol. The lowest BCUT2D eigenvalue weighted by molar-refractivity contribution is 1.02. The molecule has 0 aliphatic heterocycles. The van der Waals surface area contributed by atoms with Crippen LogP contribution in [0.25, 0.3) is 22.0 Å². The lowest BCUT2D eigenvalue weighted by Gasteiger charge is -2.07. The normalized spacial score (nSPS) is 10.9. The minimum Gasteiger partial charge on any atom is -0.267 e. The minimum absolute atomic E-state index is 0.173. The Bertz CT molecular complexity index is 839. The van der Waals surface area contributed by atoms with Crippen LogP contribution in [0.4, 0.5) is 0 Å². The van der Waals surface area contributed by atoms with Crippen LogP contribution >= 0.6 is 11.6 Å². The Morgan fingerprint density at radius 2 is 2.00 bits per heavy atom. The van der Waals surface area contributed by atoms with Crippen LogP contribution < -0.4 is 5.56 Å². The van der Waals surface area contributed by atoms with E-state index in [4.69, 9.17) is 11.6 Å². The highest BCUT2D eigenvalue weighted by Crippen LogP contribution is 2.27. The third kappa shape index (κ3) is 2.21. The monoisotopic (exact) mass is 284 g/mol. The van der Waals surface area contributed by atoms with E-state index in [1.54, 1.807) is 0 Å². The molecule has 0 amide bonds. The number of aromatic nitrogens is 2. The van der Waals surface area contributed by atoms with Crippen LogP contribution in [0.1, 0.15) is 12.5 Å². The van der Waals surface area contributed by atoms with Crippen molar-refractivity contribution in [3.63, 3.8) is 0 Å². The van der Waals surface area contributed by atoms with Crippen molar-refractivity contribution in [3.8, 4) is 11.3 Å². The summed E-state index contributed by atoms with van der Waals surface area (Å²) in [5.41, 5.74) is 2.64. The number of benzene rings is 2. The summed E-state index contributed by atoms with van der Waals surface area (Å²) in [5.74, 6) is 0. The van der Waals surface area contributed by atoms with Gasteiger partial charge in [-0.2, -0.15) is 5.10 Å². The van der Waals surface area contributed by atoms with Gasteiger partial charge in [0.15, 0.2) is 0 Å². The average Bonchev–Trinajstić information content (AvgIpc) is 2.47. The Morgan fingerprint density at radius 3 is 2.75 bits per heavy atom. The molecule has 0 bridgehead atoms. The van der Waals surface area contributed by atoms with Crippen LogP contribution in [-0.4, -0.2) is 10.2 Å². The number of halogens is 1. The SMILES string of the molecule is CCc1ccc2c(=O)[nH]nc(-c3cccc(Cl)c3)c2c1. The van der Waals surface area contributed by atoms with E-state index in [9.17, 15) is 4.79 Å². The van der Waals surface area contributed by atoms with Crippen LogP contribution in [0.15, 0.2) is 47.3 Å². The first-order valence-electron chi connectivity index (χ1n) is 6.46. The molecule has 100 valence electrons. The molecule has 4 heteroatoms. The molecule has 0 spiro atoms. The first kappa shape index (κ1) is 12.9. The molecule has 0 saturated heterocycles. The molecule has 0 radical (unpaired) electrons. The van der Waals surface area contributed by atoms with Gasteiger partial charge in [-0.1, -0.05) is 36.7 Å². The Labute approximate surface area is 121 Å². The van der Waals surface area contributed by atoms with Gasteiger partial charge in [0.2, 0.25) is 0 Å². The molecule has 0 fully saturated rings. The second kappa shape index (κ2) is 5.10. The van der Waals surface area contributed by atoms with E-state index in [2.05, 4.69) is 17.1 Å². The zero-order valence-electron chi connectivity index (χ0n) is 11.0. The molecule has 0 aliphatic carbocycles. The molecular weight excluding hydrogens is 272 g/mol. The van der Waals surface area contributed by atoms with Crippen LogP contribution in [0, 0.1) is 0 Å². The van der Waals surface area contributed by atoms with Crippen molar-refractivity contribution in [1.82, 2.24) is 10.2 Å². The van der Waals surface area contributed by atoms with E-state index in [1.807, 2.05) is 42.5 Å². The standard InChI is InChI=1S/C16H13ClN2O/c1-2-10-6-7-13-14(8-10)15(18-19-16(13)20)11-4-3-5-12(17)9-11/h3-9H,2H2,1H3,(H,19,20). The van der Waals surface area contributed by atoms with Gasteiger partial charge in [-0.15, -0.1) is 0 Å². The van der Waals surface area contributed by atoms with E-state index in [0.29, 0.717) is 10.4 Å². The molecule has 0 aliphatic rings. The summed E-state index contributed by atoms with van der Waals surface area (Å²) < 4.78 is 0. The van der Waals surface area contributed by atoms with E-state index < -0.39 is 0 Å². The molecule has 1 aromatic heterocycles. The van der Waals surface area contributed by atoms with Crippen LogP contribution in [0.3, 0.4) is 0 Å². The maximum atomic E-state index is 11.9. The molecule has 3 aromatic rings. The number of aromatic amines is 1. The maximum Gasteiger partial charge on any atom is 0.272 e. The van der Waals surface area contributed by atoms with Gasteiger partial charge in [0.25, 0.3) is 5.56 Å². The lowest BCUT2D eigenvalue weighted by Crippen LogP contribution is -2.09. The number of nitrogens with one attached hydrogen (secondary N) is 1. The highest BCUT2D eigenvalue weighted by molar-refractivity contribution is 6.30. The molecule has 0 atom stereocenters. The smallest absolute Gasteiger partial charge is 0.267 e. The fourth-order valence-corrected chi connectivity index (χ4v) is 2.48. The second-order valence-corrected chi connectivity index (χ2v) is 5.08. The van der Waals surface area contributed by atoms with Crippen LogP contribution in [0.5, 0.6) is 0 Å². The Balaban J connectivity index is 2.35. The zero-order chi connectivity index (χ0) is 14.1. The van der Waals surface area contributed by atoms with E-state index >= 15 is 0 Å². The van der Waals surface area contributed by atoms with Gasteiger partial charge in [-0.25, -0.2) is 5.10 Å². The Hall–Kier alpha value is -2.13. The average molecular weight is 285 g/mol. The van der Waals surface area contributed by atoms with Gasteiger partial charge in [-0.05, 0) is 36.2 Å². The third-order valence-electron chi connectivity index (χ3n) is 3.36. The quantitative estimate of drug-likeness (QED) is 0.778. The summed E-state index contributed by atoms with van der Waals surface area (Å²) in [6.45, 7) is 2.08. The number of hydrogen-bond acceptors (Lipinski definition) is 2. The topological polar surface area (TPSA) is 45.8 Å². The van der Waals surface area contributed by atoms with Gasteiger partial charge in [0.05, 0.1) is 11.1 Å². The predicted octanol–water partition coefficient (Wildman–Crippen LogP) is 3.81. The van der Waals surface area contributed by atoms with Gasteiger partial charge >= 0.3 is 0 Å². The minimum atomic E-state index is -0.173. The van der Waals surface area contributed by atoms with Crippen molar-refractivity contribution in [1.29, 1.82) is 0 Å². The number of fused-ring (bicyclic) bond motifs is 1. The van der Waals surface area contributed by atoms with Crippen molar-refractivity contribution in [2.75, 3.05) is 0 Å². The largest absolute Gasteiger partial charge is 0.272 e. The third-order valence-corrected chi connectivity index (χ3v) is 3.59. The van der Waals surface area contributed by atoms with Gasteiger partial charge in [-0.3, -0.25) is 4.79 Å². The van der Waals surface area contributed by atoms with Crippen LogP contribution in [0.2, 0.25) is 5.02 Å². The fraction of sp³-hybridized carbons (Fsp3) is 0.125. The van der Waals surface area contributed by atoms with Gasteiger partial charge < -0.3 is 0 Å². The zero-order valence-corrected chi connectivity index (χ0v) is 11.7. The second-order valence-electron chi connectivity index (χ2n) is 4.65. The molecule has 3 rings (SSSR count). The van der Waals surface area contributed by atoms with Gasteiger partial charge in [0.1, 0.15) is 0 Å². The first-order valence-corrected chi connectivity index (χ1v) is 6.84. The molecule has 0 unspecified atom stereocenters. The van der Waals surface area contributed by atoms with Crippen LogP contribution in [-0.2, 0) is 6.42 Å². The summed E-state index contributed by atoms with van der Waals surface area (Å²) in [6.07, 6.45) is 0.914. The highest BCUT2D eigenvalue weighted by Gasteiger charge is 2.09. The maximum absolute atomic E-state index is 11.9. The molecule has 2 aromatic carbocycles. The van der Waals surface area contributed by atoms with Crippen molar-refractivity contribution in [2.24, 2.45) is 0 Å². The molecular formula is C16H13ClN2O. The molecule has 1 N–H and O–H groups in total. The first-order chi connectivity index (χ1) is 9.69. The Morgan fingerprint density at radius 1 is 1.15 bits per heavy atom. The summed E-state index contributed by atoms with van der Waals surface area (Å²) >= 11 is 6.04. The lowest BCUT2D eigenvalue weighted by atomic mass is 10.0. The van der Waals surface area contributed by atoms with Gasteiger partial charge in [0, 0.05) is 16.0 Å². The summed E-state index contributed by atoms with van der Waals surface area (Å²) in [5, 5.41) is 8.90. The van der Waals surface area contributed by atoms with Crippen molar-refractivity contribution >= 4 is 22.4 Å². The summed E-state index contributed by atoms with van der Waals surface area (Å²) in [4.78, 5) is 11.9. The number of nitrogens with zero attached hydrogens (tertiary/aromatic N) is 1. The number of rotatable bonds is 2. The van der Waals surface area contributed by atoms with E-state index in [-0.39, 0.29) is 5.56 Å². The van der Waals surface area contributed by atoms with Crippen molar-refractivity contribution in [3.05, 3.63) is 63.4 Å². The highest BCUT2D eigenvalue weighted by atomic mass is 35.5. The Kier molecular flexibility index (Phi) is 3.28. The number of hydrogen-bond donors (Lipinski definition) is 1.